The Morgan fingerprint density at radius 3 is 2.35 bits per heavy atom. The van der Waals surface area contributed by atoms with Gasteiger partial charge in [0.2, 0.25) is 0 Å². The molecule has 23 heavy (non-hydrogen) atoms. The third-order valence-corrected chi connectivity index (χ3v) is 4.15. The van der Waals surface area contributed by atoms with E-state index in [9.17, 15) is 0 Å². The van der Waals surface area contributed by atoms with Gasteiger partial charge in [0, 0.05) is 18.5 Å². The number of likely N-dealkylation sites (N-methyl/N-ethyl adjacent to an activating group) is 1. The van der Waals surface area contributed by atoms with Gasteiger partial charge in [-0.1, -0.05) is 13.8 Å². The molecule has 0 atom stereocenters. The van der Waals surface area contributed by atoms with Gasteiger partial charge in [-0.15, -0.1) is 0 Å². The summed E-state index contributed by atoms with van der Waals surface area (Å²) in [5.41, 5.74) is 1.95. The lowest BCUT2D eigenvalue weighted by molar-refractivity contribution is 0.316. The Morgan fingerprint density at radius 2 is 1.74 bits per heavy atom. The molecule has 5 heteroatoms. The second kappa shape index (κ2) is 8.02. The van der Waals surface area contributed by atoms with Gasteiger partial charge >= 0.3 is 0 Å². The average molecular weight is 317 g/mol. The van der Waals surface area contributed by atoms with E-state index in [1.807, 2.05) is 12.1 Å². The zero-order valence-corrected chi connectivity index (χ0v) is 14.8. The molecule has 0 saturated carbocycles. The highest BCUT2D eigenvalue weighted by atomic mass is 16.5. The van der Waals surface area contributed by atoms with Crippen LogP contribution in [0.15, 0.2) is 18.2 Å². The molecule has 0 amide bonds. The normalized spacial score (nSPS) is 11.0. The molecule has 2 aromatic rings. The first kappa shape index (κ1) is 17.3. The van der Waals surface area contributed by atoms with Crippen LogP contribution in [0.4, 0.5) is 5.82 Å². The Labute approximate surface area is 138 Å². The third kappa shape index (κ3) is 3.85. The predicted molar refractivity (Wildman–Crippen MR) is 95.9 cm³/mol. The summed E-state index contributed by atoms with van der Waals surface area (Å²) in [7, 11) is 3.34. The Morgan fingerprint density at radius 1 is 1.09 bits per heavy atom. The lowest BCUT2D eigenvalue weighted by Crippen LogP contribution is -2.28. The van der Waals surface area contributed by atoms with Gasteiger partial charge in [0.05, 0.1) is 14.2 Å². The number of benzene rings is 1. The van der Waals surface area contributed by atoms with E-state index in [2.05, 4.69) is 37.1 Å². The summed E-state index contributed by atoms with van der Waals surface area (Å²) in [6.07, 6.45) is 0. The Bertz CT molecular complexity index is 654. The van der Waals surface area contributed by atoms with E-state index in [0.717, 1.165) is 60.0 Å². The number of nitrogens with one attached hydrogen (secondary N) is 1. The molecule has 5 nitrogen and oxygen atoms in total. The number of pyridine rings is 1. The SMILES string of the molecule is CCN(CC)CCNc1cc(C)c2c(OC)ccc(OC)c2n1. The lowest BCUT2D eigenvalue weighted by Gasteiger charge is -2.19. The molecule has 1 N–H and O–H groups in total. The van der Waals surface area contributed by atoms with E-state index < -0.39 is 0 Å². The number of aromatic nitrogens is 1. The number of aryl methyl sites for hydroxylation is 1. The average Bonchev–Trinajstić information content (AvgIpc) is 2.57. The Hall–Kier alpha value is -2.01. The molecule has 126 valence electrons. The van der Waals surface area contributed by atoms with Crippen molar-refractivity contribution in [2.24, 2.45) is 0 Å². The molecule has 0 unspecified atom stereocenters. The smallest absolute Gasteiger partial charge is 0.145 e. The topological polar surface area (TPSA) is 46.6 Å². The minimum atomic E-state index is 0.760. The van der Waals surface area contributed by atoms with Crippen LogP contribution < -0.4 is 14.8 Å². The molecule has 1 heterocycles. The van der Waals surface area contributed by atoms with Gasteiger partial charge in [0.25, 0.3) is 0 Å². The summed E-state index contributed by atoms with van der Waals surface area (Å²) in [6.45, 7) is 10.4. The molecule has 1 aromatic heterocycles. The van der Waals surface area contributed by atoms with Gasteiger partial charge in [0.1, 0.15) is 22.8 Å². The fourth-order valence-corrected chi connectivity index (χ4v) is 2.78. The van der Waals surface area contributed by atoms with Gasteiger partial charge in [-0.25, -0.2) is 4.98 Å². The molecule has 0 bridgehead atoms. The number of nitrogens with zero attached hydrogens (tertiary/aromatic N) is 2. The first-order chi connectivity index (χ1) is 11.1. The highest BCUT2D eigenvalue weighted by Gasteiger charge is 2.12. The minimum Gasteiger partial charge on any atom is -0.496 e. The quantitative estimate of drug-likeness (QED) is 0.809. The van der Waals surface area contributed by atoms with Gasteiger partial charge in [-0.2, -0.15) is 0 Å². The summed E-state index contributed by atoms with van der Waals surface area (Å²) in [4.78, 5) is 7.11. The standard InChI is InChI=1S/C18H27N3O2/c1-6-21(7-2)11-10-19-16-12-13(3)17-14(22-4)8-9-15(23-5)18(17)20-16/h8-9,12H,6-7,10-11H2,1-5H3,(H,19,20). The van der Waals surface area contributed by atoms with Crippen LogP contribution in [0.3, 0.4) is 0 Å². The predicted octanol–water partition coefficient (Wildman–Crippen LogP) is 3.31. The van der Waals surface area contributed by atoms with Crippen LogP contribution >= 0.6 is 0 Å². The van der Waals surface area contributed by atoms with E-state index in [1.54, 1.807) is 14.2 Å². The molecular weight excluding hydrogens is 290 g/mol. The van der Waals surface area contributed by atoms with Crippen molar-refractivity contribution in [1.29, 1.82) is 0 Å². The van der Waals surface area contributed by atoms with Crippen LogP contribution in [0.5, 0.6) is 11.5 Å². The van der Waals surface area contributed by atoms with Crippen molar-refractivity contribution < 1.29 is 9.47 Å². The number of hydrogen-bond acceptors (Lipinski definition) is 5. The van der Waals surface area contributed by atoms with E-state index in [-0.39, 0.29) is 0 Å². The second-order valence-corrected chi connectivity index (χ2v) is 5.47. The Balaban J connectivity index is 2.29. The van der Waals surface area contributed by atoms with Crippen LogP contribution in [-0.2, 0) is 0 Å². The van der Waals surface area contributed by atoms with Crippen molar-refractivity contribution in [3.63, 3.8) is 0 Å². The molecule has 0 aliphatic heterocycles. The lowest BCUT2D eigenvalue weighted by atomic mass is 10.1. The van der Waals surface area contributed by atoms with E-state index in [1.165, 1.54) is 0 Å². The van der Waals surface area contributed by atoms with Crippen LogP contribution in [0.2, 0.25) is 0 Å². The number of anilines is 1. The number of rotatable bonds is 8. The maximum absolute atomic E-state index is 5.47. The molecule has 0 aliphatic carbocycles. The molecule has 0 fully saturated rings. The summed E-state index contributed by atoms with van der Waals surface area (Å²) in [5.74, 6) is 2.45. The largest absolute Gasteiger partial charge is 0.496 e. The third-order valence-electron chi connectivity index (χ3n) is 4.15. The maximum Gasteiger partial charge on any atom is 0.145 e. The summed E-state index contributed by atoms with van der Waals surface area (Å²) >= 11 is 0. The van der Waals surface area contributed by atoms with Gasteiger partial charge in [-0.05, 0) is 43.8 Å². The van der Waals surface area contributed by atoms with Crippen molar-refractivity contribution in [2.75, 3.05) is 45.7 Å². The monoisotopic (exact) mass is 317 g/mol. The molecule has 1 aromatic carbocycles. The zero-order valence-electron chi connectivity index (χ0n) is 14.8. The van der Waals surface area contributed by atoms with Crippen LogP contribution in [0.1, 0.15) is 19.4 Å². The first-order valence-corrected chi connectivity index (χ1v) is 8.13. The van der Waals surface area contributed by atoms with Crippen LogP contribution in [0.25, 0.3) is 10.9 Å². The number of ether oxygens (including phenoxy) is 2. The molecule has 0 spiro atoms. The van der Waals surface area contributed by atoms with Crippen LogP contribution in [0, 0.1) is 6.92 Å². The van der Waals surface area contributed by atoms with Gasteiger partial charge in [0.15, 0.2) is 0 Å². The van der Waals surface area contributed by atoms with E-state index in [0.29, 0.717) is 0 Å². The van der Waals surface area contributed by atoms with E-state index in [4.69, 9.17) is 14.5 Å². The molecule has 0 aliphatic rings. The van der Waals surface area contributed by atoms with Crippen LogP contribution in [-0.4, -0.2) is 50.3 Å². The highest BCUT2D eigenvalue weighted by Crippen LogP contribution is 2.35. The summed E-state index contributed by atoms with van der Waals surface area (Å²) in [6, 6.07) is 5.88. The van der Waals surface area contributed by atoms with Crippen molar-refractivity contribution in [3.05, 3.63) is 23.8 Å². The van der Waals surface area contributed by atoms with Gasteiger partial charge < -0.3 is 19.7 Å². The molecule has 0 saturated heterocycles. The van der Waals surface area contributed by atoms with Gasteiger partial charge in [-0.3, -0.25) is 0 Å². The van der Waals surface area contributed by atoms with Crippen molar-refractivity contribution >= 4 is 16.7 Å². The molecular formula is C18H27N3O2. The fourth-order valence-electron chi connectivity index (χ4n) is 2.78. The highest BCUT2D eigenvalue weighted by molar-refractivity contribution is 5.94. The van der Waals surface area contributed by atoms with Crippen molar-refractivity contribution in [3.8, 4) is 11.5 Å². The first-order valence-electron chi connectivity index (χ1n) is 8.13. The number of fused-ring (bicyclic) bond motifs is 1. The number of hydrogen-bond donors (Lipinski definition) is 1. The Kier molecular flexibility index (Phi) is 6.04. The number of methoxy groups -OCH3 is 2. The fraction of sp³-hybridized carbons (Fsp3) is 0.500. The zero-order chi connectivity index (χ0) is 16.8. The maximum atomic E-state index is 5.47. The second-order valence-electron chi connectivity index (χ2n) is 5.47. The summed E-state index contributed by atoms with van der Waals surface area (Å²) in [5, 5.41) is 4.42. The van der Waals surface area contributed by atoms with E-state index >= 15 is 0 Å². The van der Waals surface area contributed by atoms with Crippen molar-refractivity contribution in [1.82, 2.24) is 9.88 Å². The van der Waals surface area contributed by atoms with Crippen molar-refractivity contribution in [2.45, 2.75) is 20.8 Å². The molecule has 2 rings (SSSR count). The summed E-state index contributed by atoms with van der Waals surface area (Å²) < 4.78 is 10.9. The minimum absolute atomic E-state index is 0.760. The molecule has 0 radical (unpaired) electrons.